The van der Waals surface area contributed by atoms with Crippen molar-refractivity contribution < 1.29 is 23.8 Å². The predicted molar refractivity (Wildman–Crippen MR) is 142 cm³/mol. The van der Waals surface area contributed by atoms with Gasteiger partial charge in [0.15, 0.2) is 0 Å². The lowest BCUT2D eigenvalue weighted by Crippen LogP contribution is -2.29. The first kappa shape index (κ1) is 25.2. The maximum atomic E-state index is 11.9. The van der Waals surface area contributed by atoms with E-state index in [4.69, 9.17) is 13.9 Å². The first-order valence-electron chi connectivity index (χ1n) is 13.0. The number of nitrogens with zero attached hydrogens (tertiary/aromatic N) is 2. The van der Waals surface area contributed by atoms with Crippen LogP contribution < -0.4 is 0 Å². The Kier molecular flexibility index (Phi) is 7.44. The molecule has 1 N–H and O–H groups in total. The Morgan fingerprint density at radius 2 is 1.92 bits per heavy atom. The van der Waals surface area contributed by atoms with Gasteiger partial charge in [0.2, 0.25) is 5.89 Å². The van der Waals surface area contributed by atoms with Crippen LogP contribution in [0.2, 0.25) is 0 Å². The summed E-state index contributed by atoms with van der Waals surface area (Å²) in [6.07, 6.45) is 4.64. The Labute approximate surface area is 217 Å². The highest BCUT2D eigenvalue weighted by Crippen LogP contribution is 2.28. The van der Waals surface area contributed by atoms with E-state index in [0.29, 0.717) is 12.5 Å². The highest BCUT2D eigenvalue weighted by molar-refractivity contribution is 5.94. The van der Waals surface area contributed by atoms with E-state index in [1.165, 1.54) is 5.56 Å². The SMILES string of the molecule is CCc1ccc2c(c1)cc(C(=O)O)n2CO[C@@H]1CCC[C@H](OCc2nc(-c3cccc(C)c3)oc2C)C1. The number of ether oxygens (including phenoxy) is 2. The number of oxazole rings is 1. The molecule has 0 amide bonds. The molecule has 0 spiro atoms. The van der Waals surface area contributed by atoms with Gasteiger partial charge in [0.05, 0.1) is 24.3 Å². The minimum atomic E-state index is -0.948. The third-order valence-electron chi connectivity index (χ3n) is 7.22. The van der Waals surface area contributed by atoms with Crippen LogP contribution in [0.3, 0.4) is 0 Å². The predicted octanol–water partition coefficient (Wildman–Crippen LogP) is 6.68. The number of fused-ring (bicyclic) bond motifs is 1. The summed E-state index contributed by atoms with van der Waals surface area (Å²) in [6, 6.07) is 15.9. The fourth-order valence-electron chi connectivity index (χ4n) is 5.10. The van der Waals surface area contributed by atoms with Gasteiger partial charge in [0.25, 0.3) is 0 Å². The number of aromatic carboxylic acids is 1. The second-order valence-electron chi connectivity index (χ2n) is 9.92. The number of hydrogen-bond acceptors (Lipinski definition) is 5. The zero-order chi connectivity index (χ0) is 25.9. The molecule has 5 rings (SSSR count). The van der Waals surface area contributed by atoms with Gasteiger partial charge in [-0.1, -0.05) is 30.7 Å². The molecule has 2 heterocycles. The maximum absolute atomic E-state index is 11.9. The first-order valence-corrected chi connectivity index (χ1v) is 13.0. The number of aryl methyl sites for hydroxylation is 3. The van der Waals surface area contributed by atoms with E-state index in [0.717, 1.165) is 65.6 Å². The van der Waals surface area contributed by atoms with Crippen molar-refractivity contribution in [3.63, 3.8) is 0 Å². The molecule has 0 radical (unpaired) electrons. The Hall–Kier alpha value is -3.42. The number of carboxylic acid groups (broad SMARTS) is 1. The average Bonchev–Trinajstić information content (AvgIpc) is 3.46. The quantitative estimate of drug-likeness (QED) is 0.275. The summed E-state index contributed by atoms with van der Waals surface area (Å²) in [4.78, 5) is 16.6. The summed E-state index contributed by atoms with van der Waals surface area (Å²) in [7, 11) is 0. The van der Waals surface area contributed by atoms with Gasteiger partial charge in [-0.3, -0.25) is 0 Å². The molecule has 37 heavy (non-hydrogen) atoms. The molecule has 1 aliphatic carbocycles. The molecule has 1 saturated carbocycles. The summed E-state index contributed by atoms with van der Waals surface area (Å²) in [5.74, 6) is 0.437. The van der Waals surface area contributed by atoms with Gasteiger partial charge in [-0.05, 0) is 81.8 Å². The fourth-order valence-corrected chi connectivity index (χ4v) is 5.10. The smallest absolute Gasteiger partial charge is 0.352 e. The number of aromatic nitrogens is 2. The van der Waals surface area contributed by atoms with Gasteiger partial charge < -0.3 is 23.6 Å². The summed E-state index contributed by atoms with van der Waals surface area (Å²) in [5, 5.41) is 10.7. The van der Waals surface area contributed by atoms with Crippen molar-refractivity contribution in [2.24, 2.45) is 0 Å². The lowest BCUT2D eigenvalue weighted by atomic mass is 9.95. The largest absolute Gasteiger partial charge is 0.477 e. The summed E-state index contributed by atoms with van der Waals surface area (Å²) >= 11 is 0. The molecule has 0 bridgehead atoms. The highest BCUT2D eigenvalue weighted by Gasteiger charge is 2.25. The van der Waals surface area contributed by atoms with Gasteiger partial charge in [-0.25, -0.2) is 9.78 Å². The van der Waals surface area contributed by atoms with E-state index in [-0.39, 0.29) is 24.6 Å². The third kappa shape index (κ3) is 5.63. The minimum Gasteiger partial charge on any atom is -0.477 e. The first-order chi connectivity index (χ1) is 17.9. The van der Waals surface area contributed by atoms with Crippen molar-refractivity contribution in [1.29, 1.82) is 0 Å². The van der Waals surface area contributed by atoms with Crippen molar-refractivity contribution in [3.05, 3.63) is 76.8 Å². The Morgan fingerprint density at radius 1 is 1.11 bits per heavy atom. The van der Waals surface area contributed by atoms with Crippen molar-refractivity contribution in [2.75, 3.05) is 0 Å². The van der Waals surface area contributed by atoms with Crippen molar-refractivity contribution in [1.82, 2.24) is 9.55 Å². The summed E-state index contributed by atoms with van der Waals surface area (Å²) in [5.41, 5.74) is 5.25. The zero-order valence-electron chi connectivity index (χ0n) is 21.7. The van der Waals surface area contributed by atoms with Crippen LogP contribution in [0.5, 0.6) is 0 Å². The summed E-state index contributed by atoms with van der Waals surface area (Å²) < 4.78 is 20.2. The second kappa shape index (κ2) is 10.9. The lowest BCUT2D eigenvalue weighted by Gasteiger charge is -2.29. The van der Waals surface area contributed by atoms with Crippen molar-refractivity contribution >= 4 is 16.9 Å². The van der Waals surface area contributed by atoms with Crippen LogP contribution in [0.1, 0.15) is 65.7 Å². The lowest BCUT2D eigenvalue weighted by molar-refractivity contribution is -0.0687. The van der Waals surface area contributed by atoms with Crippen molar-refractivity contribution in [2.45, 2.75) is 78.4 Å². The van der Waals surface area contributed by atoms with Crippen LogP contribution in [0, 0.1) is 13.8 Å². The van der Waals surface area contributed by atoms with Gasteiger partial charge >= 0.3 is 5.97 Å². The van der Waals surface area contributed by atoms with E-state index in [1.54, 1.807) is 10.6 Å². The molecule has 0 saturated heterocycles. The number of carbonyl (C=O) groups is 1. The van der Waals surface area contributed by atoms with Gasteiger partial charge in [0, 0.05) is 10.9 Å². The molecule has 2 aromatic carbocycles. The third-order valence-corrected chi connectivity index (χ3v) is 7.22. The van der Waals surface area contributed by atoms with E-state index in [1.807, 2.05) is 44.2 Å². The molecule has 1 aliphatic rings. The van der Waals surface area contributed by atoms with Gasteiger partial charge in [-0.2, -0.15) is 0 Å². The monoisotopic (exact) mass is 502 g/mol. The van der Waals surface area contributed by atoms with E-state index in [9.17, 15) is 9.90 Å². The topological polar surface area (TPSA) is 86.7 Å². The molecule has 7 nitrogen and oxygen atoms in total. The van der Waals surface area contributed by atoms with Crippen LogP contribution in [0.4, 0.5) is 0 Å². The Balaban J connectivity index is 1.21. The second-order valence-corrected chi connectivity index (χ2v) is 9.92. The molecule has 2 atom stereocenters. The molecule has 0 unspecified atom stereocenters. The molecule has 2 aromatic heterocycles. The van der Waals surface area contributed by atoms with Crippen LogP contribution in [0.15, 0.2) is 52.9 Å². The van der Waals surface area contributed by atoms with Crippen LogP contribution in [-0.2, 0) is 29.2 Å². The summed E-state index contributed by atoms with van der Waals surface area (Å²) in [6.45, 7) is 6.66. The standard InChI is InChI=1S/C30H34N2O5/c1-4-21-11-12-27-23(14-21)15-28(30(33)34)32(27)18-36-25-10-6-9-24(16-25)35-17-26-20(3)37-29(31-26)22-8-5-7-19(2)13-22/h5,7-8,11-15,24-25H,4,6,9-10,16-18H2,1-3H3,(H,33,34)/t24-,25+/m0/s1. The molecular weight excluding hydrogens is 468 g/mol. The average molecular weight is 503 g/mol. The Bertz CT molecular complexity index is 1400. The number of benzene rings is 2. The van der Waals surface area contributed by atoms with E-state index >= 15 is 0 Å². The maximum Gasteiger partial charge on any atom is 0.352 e. The number of rotatable bonds is 9. The molecular formula is C30H34N2O5. The fraction of sp³-hybridized carbons (Fsp3) is 0.400. The normalized spacial score (nSPS) is 17.9. The zero-order valence-corrected chi connectivity index (χ0v) is 21.7. The number of carboxylic acids is 1. The van der Waals surface area contributed by atoms with Crippen LogP contribution in [0.25, 0.3) is 22.4 Å². The molecule has 194 valence electrons. The molecule has 1 fully saturated rings. The van der Waals surface area contributed by atoms with Gasteiger partial charge in [0.1, 0.15) is 23.9 Å². The minimum absolute atomic E-state index is 0.00835. The Morgan fingerprint density at radius 3 is 2.68 bits per heavy atom. The molecule has 4 aromatic rings. The van der Waals surface area contributed by atoms with Crippen molar-refractivity contribution in [3.8, 4) is 11.5 Å². The van der Waals surface area contributed by atoms with Crippen LogP contribution in [-0.4, -0.2) is 32.8 Å². The van der Waals surface area contributed by atoms with Gasteiger partial charge in [-0.15, -0.1) is 0 Å². The highest BCUT2D eigenvalue weighted by atomic mass is 16.5. The van der Waals surface area contributed by atoms with E-state index in [2.05, 4.69) is 24.0 Å². The molecule has 0 aliphatic heterocycles. The van der Waals surface area contributed by atoms with E-state index < -0.39 is 5.97 Å². The molecule has 7 heteroatoms. The van der Waals surface area contributed by atoms with Crippen LogP contribution >= 0.6 is 0 Å². The number of hydrogen-bond donors (Lipinski definition) is 1.